The van der Waals surface area contributed by atoms with Gasteiger partial charge in [-0.05, 0) is 39.3 Å². The number of hydrogen-bond acceptors (Lipinski definition) is 6. The Bertz CT molecular complexity index is 527. The summed E-state index contributed by atoms with van der Waals surface area (Å²) in [4.78, 5) is 20.3. The van der Waals surface area contributed by atoms with Gasteiger partial charge < -0.3 is 15.7 Å². The van der Waals surface area contributed by atoms with Crippen molar-refractivity contribution in [2.24, 2.45) is 5.16 Å². The lowest BCUT2D eigenvalue weighted by Crippen LogP contribution is -2.20. The van der Waals surface area contributed by atoms with Crippen molar-refractivity contribution in [3.8, 4) is 0 Å². The predicted octanol–water partition coefficient (Wildman–Crippen LogP) is 2.38. The number of oxime groups is 1. The van der Waals surface area contributed by atoms with E-state index in [1.807, 2.05) is 0 Å². The summed E-state index contributed by atoms with van der Waals surface area (Å²) in [5.41, 5.74) is 5.86. The molecule has 19 heavy (non-hydrogen) atoms. The molecule has 0 atom stereocenters. The Kier molecular flexibility index (Phi) is 4.66. The molecule has 104 valence electrons. The summed E-state index contributed by atoms with van der Waals surface area (Å²) in [6.07, 6.45) is 1.60. The molecular weight excluding hydrogens is 266 g/mol. The van der Waals surface area contributed by atoms with Crippen molar-refractivity contribution in [3.63, 3.8) is 0 Å². The van der Waals surface area contributed by atoms with E-state index >= 15 is 0 Å². The maximum absolute atomic E-state index is 11.2. The van der Waals surface area contributed by atoms with Gasteiger partial charge in [0.15, 0.2) is 10.8 Å². The molecule has 0 aliphatic heterocycles. The third kappa shape index (κ3) is 5.09. The summed E-state index contributed by atoms with van der Waals surface area (Å²) in [6, 6.07) is 0. The molecular formula is C12H17N3O3S. The van der Waals surface area contributed by atoms with Crippen LogP contribution in [-0.4, -0.2) is 27.4 Å². The highest BCUT2D eigenvalue weighted by Gasteiger charge is 2.17. The second-order valence-corrected chi connectivity index (χ2v) is 5.78. The zero-order valence-corrected chi connectivity index (χ0v) is 12.1. The average molecular weight is 283 g/mol. The van der Waals surface area contributed by atoms with Gasteiger partial charge in [-0.1, -0.05) is 5.16 Å². The first kappa shape index (κ1) is 15.2. The maximum Gasteiger partial charge on any atom is 0.358 e. The van der Waals surface area contributed by atoms with E-state index in [1.54, 1.807) is 39.2 Å². The second kappa shape index (κ2) is 5.83. The number of anilines is 1. The van der Waals surface area contributed by atoms with Gasteiger partial charge in [-0.15, -0.1) is 11.3 Å². The van der Waals surface area contributed by atoms with Gasteiger partial charge in [-0.3, -0.25) is 0 Å². The fourth-order valence-corrected chi connectivity index (χ4v) is 1.64. The van der Waals surface area contributed by atoms with Crippen LogP contribution >= 0.6 is 11.3 Å². The molecule has 6 nitrogen and oxygen atoms in total. The molecule has 0 fully saturated rings. The number of carboxylic acid groups (broad SMARTS) is 1. The average Bonchev–Trinajstić information content (AvgIpc) is 2.61. The number of hydrogen-bond donors (Lipinski definition) is 2. The monoisotopic (exact) mass is 283 g/mol. The predicted molar refractivity (Wildman–Crippen MR) is 76.1 cm³/mol. The van der Waals surface area contributed by atoms with E-state index in [0.29, 0.717) is 16.4 Å². The van der Waals surface area contributed by atoms with E-state index in [0.717, 1.165) is 0 Å². The molecule has 0 radical (unpaired) electrons. The number of carboxylic acids is 1. The smallest absolute Gasteiger partial charge is 0.358 e. The third-order valence-corrected chi connectivity index (χ3v) is 2.58. The standard InChI is InChI=1S/C12H17N3O3S/c1-7(5-8-6-19-11(13)14-8)9(10(16)17)15-18-12(2,3)4/h5-6H,1-4H3,(H2,13,14)(H,16,17)/b7-5+,15-9-. The van der Waals surface area contributed by atoms with E-state index in [9.17, 15) is 4.79 Å². The molecule has 0 saturated carbocycles. The first-order chi connectivity index (χ1) is 8.69. The summed E-state index contributed by atoms with van der Waals surface area (Å²) < 4.78 is 0. The fraction of sp³-hybridized carbons (Fsp3) is 0.417. The number of nitrogen functional groups attached to an aromatic ring is 1. The molecule has 7 heteroatoms. The van der Waals surface area contributed by atoms with Crippen LogP contribution in [0.15, 0.2) is 16.1 Å². The lowest BCUT2D eigenvalue weighted by molar-refractivity contribution is -0.129. The summed E-state index contributed by atoms with van der Waals surface area (Å²) in [5.74, 6) is -1.15. The van der Waals surface area contributed by atoms with Crippen LogP contribution in [-0.2, 0) is 9.63 Å². The molecule has 1 aromatic rings. The number of nitrogens with zero attached hydrogens (tertiary/aromatic N) is 2. The van der Waals surface area contributed by atoms with Gasteiger partial charge in [0.1, 0.15) is 5.60 Å². The Morgan fingerprint density at radius 3 is 2.63 bits per heavy atom. The van der Waals surface area contributed by atoms with E-state index < -0.39 is 11.6 Å². The van der Waals surface area contributed by atoms with Gasteiger partial charge in [0.2, 0.25) is 0 Å². The quantitative estimate of drug-likeness (QED) is 0.653. The third-order valence-electron chi connectivity index (χ3n) is 1.89. The van der Waals surface area contributed by atoms with Crippen molar-refractivity contribution in [1.29, 1.82) is 0 Å². The van der Waals surface area contributed by atoms with Crippen molar-refractivity contribution in [2.45, 2.75) is 33.3 Å². The van der Waals surface area contributed by atoms with Gasteiger partial charge in [-0.2, -0.15) is 0 Å². The Balaban J connectivity index is 2.99. The minimum absolute atomic E-state index is 0.151. The molecule has 0 aliphatic carbocycles. The summed E-state index contributed by atoms with van der Waals surface area (Å²) in [6.45, 7) is 7.00. The van der Waals surface area contributed by atoms with Crippen LogP contribution in [0.25, 0.3) is 6.08 Å². The highest BCUT2D eigenvalue weighted by atomic mass is 32.1. The molecule has 0 aromatic carbocycles. The van der Waals surface area contributed by atoms with Gasteiger partial charge in [-0.25, -0.2) is 9.78 Å². The molecule has 1 aromatic heterocycles. The molecule has 3 N–H and O–H groups in total. The number of nitrogens with two attached hydrogens (primary N) is 1. The minimum Gasteiger partial charge on any atom is -0.476 e. The number of thiazole rings is 1. The number of carbonyl (C=O) groups is 1. The van der Waals surface area contributed by atoms with Gasteiger partial charge in [0.05, 0.1) is 5.69 Å². The molecule has 1 rings (SSSR count). The van der Waals surface area contributed by atoms with Crippen molar-refractivity contribution in [1.82, 2.24) is 4.98 Å². The highest BCUT2D eigenvalue weighted by molar-refractivity contribution is 7.13. The lowest BCUT2D eigenvalue weighted by atomic mass is 10.1. The van der Waals surface area contributed by atoms with Gasteiger partial charge >= 0.3 is 5.97 Å². The lowest BCUT2D eigenvalue weighted by Gasteiger charge is -2.16. The first-order valence-corrected chi connectivity index (χ1v) is 6.46. The van der Waals surface area contributed by atoms with Crippen LogP contribution < -0.4 is 5.73 Å². The van der Waals surface area contributed by atoms with Crippen molar-refractivity contribution < 1.29 is 14.7 Å². The van der Waals surface area contributed by atoms with Crippen LogP contribution in [0, 0.1) is 0 Å². The fourth-order valence-electron chi connectivity index (χ4n) is 1.12. The number of rotatable bonds is 4. The molecule has 0 amide bonds. The molecule has 0 unspecified atom stereocenters. The van der Waals surface area contributed by atoms with Crippen molar-refractivity contribution >= 4 is 34.2 Å². The topological polar surface area (TPSA) is 97.8 Å². The zero-order chi connectivity index (χ0) is 14.6. The first-order valence-electron chi connectivity index (χ1n) is 5.58. The number of aliphatic carboxylic acids is 1. The van der Waals surface area contributed by atoms with Gasteiger partial charge in [0, 0.05) is 5.38 Å². The summed E-state index contributed by atoms with van der Waals surface area (Å²) in [5, 5.41) is 15.0. The number of aromatic nitrogens is 1. The Labute approximate surface area is 115 Å². The Hall–Kier alpha value is -1.89. The van der Waals surface area contributed by atoms with Crippen LogP contribution in [0.1, 0.15) is 33.4 Å². The van der Waals surface area contributed by atoms with E-state index in [2.05, 4.69) is 10.1 Å². The van der Waals surface area contributed by atoms with E-state index in [-0.39, 0.29) is 5.71 Å². The van der Waals surface area contributed by atoms with Crippen molar-refractivity contribution in [2.75, 3.05) is 5.73 Å². The molecule has 1 heterocycles. The largest absolute Gasteiger partial charge is 0.476 e. The van der Waals surface area contributed by atoms with E-state index in [4.69, 9.17) is 15.7 Å². The Morgan fingerprint density at radius 1 is 1.58 bits per heavy atom. The minimum atomic E-state index is -1.15. The molecule has 0 saturated heterocycles. The molecule has 0 aliphatic rings. The summed E-state index contributed by atoms with van der Waals surface area (Å²) in [7, 11) is 0. The SMILES string of the molecule is CC(=C\c1csc(N)n1)/C(=N/OC(C)(C)C)C(=O)O. The van der Waals surface area contributed by atoms with Gasteiger partial charge in [0.25, 0.3) is 0 Å². The highest BCUT2D eigenvalue weighted by Crippen LogP contribution is 2.15. The molecule has 0 bridgehead atoms. The second-order valence-electron chi connectivity index (χ2n) is 4.89. The van der Waals surface area contributed by atoms with Crippen LogP contribution in [0.4, 0.5) is 5.13 Å². The van der Waals surface area contributed by atoms with E-state index in [1.165, 1.54) is 11.3 Å². The molecule has 0 spiro atoms. The maximum atomic E-state index is 11.2. The summed E-state index contributed by atoms with van der Waals surface area (Å²) >= 11 is 1.29. The Morgan fingerprint density at radius 2 is 2.21 bits per heavy atom. The van der Waals surface area contributed by atoms with Crippen molar-refractivity contribution in [3.05, 3.63) is 16.6 Å². The zero-order valence-electron chi connectivity index (χ0n) is 11.3. The van der Waals surface area contributed by atoms with Crippen LogP contribution in [0.2, 0.25) is 0 Å². The van der Waals surface area contributed by atoms with Crippen LogP contribution in [0.3, 0.4) is 0 Å². The van der Waals surface area contributed by atoms with Crippen LogP contribution in [0.5, 0.6) is 0 Å². The normalized spacial score (nSPS) is 13.5.